The summed E-state index contributed by atoms with van der Waals surface area (Å²) in [5.74, 6) is -0.285. The Balaban J connectivity index is 1.49. The molecule has 4 heterocycles. The molecule has 8 heteroatoms. The number of ether oxygens (including phenoxy) is 1. The SMILES string of the molecule is COCCn1cc(-c2ccc3ncc(Cc4cc5cccnc5cc4F)n3n2)cn1. The van der Waals surface area contributed by atoms with Crippen molar-refractivity contribution in [3.63, 3.8) is 0 Å². The number of fused-ring (bicyclic) bond motifs is 2. The summed E-state index contributed by atoms with van der Waals surface area (Å²) in [4.78, 5) is 8.63. The minimum absolute atomic E-state index is 0.285. The molecule has 0 saturated heterocycles. The molecule has 0 fully saturated rings. The quantitative estimate of drug-likeness (QED) is 0.435. The summed E-state index contributed by atoms with van der Waals surface area (Å²) >= 11 is 0. The van der Waals surface area contributed by atoms with Crippen LogP contribution in [0, 0.1) is 5.82 Å². The van der Waals surface area contributed by atoms with Gasteiger partial charge in [-0.1, -0.05) is 6.07 Å². The first kappa shape index (κ1) is 18.4. The maximum absolute atomic E-state index is 14.6. The normalized spacial score (nSPS) is 11.5. The molecule has 5 aromatic rings. The average molecular weight is 402 g/mol. The molecule has 1 aromatic carbocycles. The molecule has 7 nitrogen and oxygen atoms in total. The van der Waals surface area contributed by atoms with Gasteiger partial charge in [-0.2, -0.15) is 10.2 Å². The Morgan fingerprint density at radius 3 is 2.93 bits per heavy atom. The summed E-state index contributed by atoms with van der Waals surface area (Å²) < 4.78 is 23.3. The van der Waals surface area contributed by atoms with E-state index in [4.69, 9.17) is 9.84 Å². The molecular weight excluding hydrogens is 383 g/mol. The smallest absolute Gasteiger partial charge is 0.153 e. The van der Waals surface area contributed by atoms with E-state index in [1.165, 1.54) is 6.07 Å². The summed E-state index contributed by atoms with van der Waals surface area (Å²) in [6.45, 7) is 1.26. The lowest BCUT2D eigenvalue weighted by Gasteiger charge is -2.06. The van der Waals surface area contributed by atoms with Gasteiger partial charge in [-0.25, -0.2) is 13.9 Å². The summed E-state index contributed by atoms with van der Waals surface area (Å²) in [6, 6.07) is 10.9. The van der Waals surface area contributed by atoms with Crippen LogP contribution in [0.2, 0.25) is 0 Å². The number of hydrogen-bond donors (Lipinski definition) is 0. The zero-order valence-corrected chi connectivity index (χ0v) is 16.4. The van der Waals surface area contributed by atoms with Gasteiger partial charge < -0.3 is 4.74 Å². The van der Waals surface area contributed by atoms with Crippen LogP contribution in [-0.4, -0.2) is 43.1 Å². The van der Waals surface area contributed by atoms with E-state index in [1.807, 2.05) is 41.2 Å². The van der Waals surface area contributed by atoms with Gasteiger partial charge in [-0.3, -0.25) is 9.67 Å². The Morgan fingerprint density at radius 2 is 2.03 bits per heavy atom. The highest BCUT2D eigenvalue weighted by Crippen LogP contribution is 2.22. The number of rotatable bonds is 6. The maximum Gasteiger partial charge on any atom is 0.153 e. The van der Waals surface area contributed by atoms with Crippen molar-refractivity contribution in [1.82, 2.24) is 29.4 Å². The zero-order valence-electron chi connectivity index (χ0n) is 16.4. The maximum atomic E-state index is 14.6. The van der Waals surface area contributed by atoms with Crippen molar-refractivity contribution in [2.75, 3.05) is 13.7 Å². The van der Waals surface area contributed by atoms with Gasteiger partial charge in [0, 0.05) is 42.9 Å². The van der Waals surface area contributed by atoms with Crippen molar-refractivity contribution in [3.05, 3.63) is 78.3 Å². The molecule has 30 heavy (non-hydrogen) atoms. The molecule has 0 atom stereocenters. The molecule has 0 unspecified atom stereocenters. The number of pyridine rings is 1. The third-order valence-corrected chi connectivity index (χ3v) is 5.03. The molecule has 4 aromatic heterocycles. The van der Waals surface area contributed by atoms with Crippen molar-refractivity contribution in [2.24, 2.45) is 0 Å². The highest BCUT2D eigenvalue weighted by Gasteiger charge is 2.12. The highest BCUT2D eigenvalue weighted by atomic mass is 19.1. The van der Waals surface area contributed by atoms with Gasteiger partial charge in [0.2, 0.25) is 0 Å². The Labute approximate surface area is 171 Å². The summed E-state index contributed by atoms with van der Waals surface area (Å²) in [6.07, 6.45) is 7.48. The average Bonchev–Trinajstić information content (AvgIpc) is 3.40. The van der Waals surface area contributed by atoms with Crippen LogP contribution < -0.4 is 0 Å². The monoisotopic (exact) mass is 402 g/mol. The first-order chi connectivity index (χ1) is 14.7. The fraction of sp³-hybridized carbons (Fsp3) is 0.182. The minimum Gasteiger partial charge on any atom is -0.383 e. The number of nitrogens with zero attached hydrogens (tertiary/aromatic N) is 6. The van der Waals surface area contributed by atoms with Crippen LogP contribution in [0.3, 0.4) is 0 Å². The molecule has 0 aliphatic rings. The molecule has 0 amide bonds. The Hall–Kier alpha value is -3.65. The fourth-order valence-corrected chi connectivity index (χ4v) is 3.47. The summed E-state index contributed by atoms with van der Waals surface area (Å²) in [5.41, 5.74) is 4.41. The van der Waals surface area contributed by atoms with Gasteiger partial charge in [0.05, 0.1) is 42.4 Å². The van der Waals surface area contributed by atoms with Gasteiger partial charge in [0.25, 0.3) is 0 Å². The number of benzene rings is 1. The first-order valence-electron chi connectivity index (χ1n) is 9.60. The van der Waals surface area contributed by atoms with Crippen LogP contribution in [0.25, 0.3) is 27.8 Å². The van der Waals surface area contributed by atoms with E-state index < -0.39 is 0 Å². The lowest BCUT2D eigenvalue weighted by atomic mass is 10.1. The van der Waals surface area contributed by atoms with Crippen LogP contribution in [0.1, 0.15) is 11.3 Å². The minimum atomic E-state index is -0.285. The van der Waals surface area contributed by atoms with Crippen LogP contribution in [0.4, 0.5) is 4.39 Å². The molecule has 0 N–H and O–H groups in total. The molecule has 0 aliphatic carbocycles. The van der Waals surface area contributed by atoms with E-state index in [0.29, 0.717) is 36.3 Å². The molecule has 0 radical (unpaired) electrons. The largest absolute Gasteiger partial charge is 0.383 e. The van der Waals surface area contributed by atoms with E-state index in [9.17, 15) is 4.39 Å². The van der Waals surface area contributed by atoms with E-state index in [-0.39, 0.29) is 5.82 Å². The van der Waals surface area contributed by atoms with Crippen molar-refractivity contribution in [3.8, 4) is 11.3 Å². The lowest BCUT2D eigenvalue weighted by molar-refractivity contribution is 0.183. The molecular formula is C22H19FN6O. The Kier molecular flexibility index (Phi) is 4.68. The molecule has 0 aliphatic heterocycles. The van der Waals surface area contributed by atoms with Crippen LogP contribution in [-0.2, 0) is 17.7 Å². The van der Waals surface area contributed by atoms with Gasteiger partial charge in [0.1, 0.15) is 5.82 Å². The molecule has 0 spiro atoms. The Morgan fingerprint density at radius 1 is 1.10 bits per heavy atom. The fourth-order valence-electron chi connectivity index (χ4n) is 3.47. The van der Waals surface area contributed by atoms with Gasteiger partial charge in [-0.15, -0.1) is 0 Å². The zero-order chi connectivity index (χ0) is 20.5. The highest BCUT2D eigenvalue weighted by molar-refractivity contribution is 5.79. The topological polar surface area (TPSA) is 70.1 Å². The standard InChI is InChI=1S/C22H19FN6O/c1-30-8-7-28-14-17(12-26-28)20-4-5-22-25-13-18(29(22)27-20)10-16-9-15-3-2-6-24-21(15)11-19(16)23/h2-6,9,11-14H,7-8,10H2,1H3. The third kappa shape index (κ3) is 3.42. The van der Waals surface area contributed by atoms with Crippen molar-refractivity contribution in [2.45, 2.75) is 13.0 Å². The van der Waals surface area contributed by atoms with E-state index >= 15 is 0 Å². The first-order valence-corrected chi connectivity index (χ1v) is 9.60. The van der Waals surface area contributed by atoms with Crippen molar-refractivity contribution in [1.29, 1.82) is 0 Å². The Bertz CT molecular complexity index is 1340. The van der Waals surface area contributed by atoms with Gasteiger partial charge in [-0.05, 0) is 29.8 Å². The lowest BCUT2D eigenvalue weighted by Crippen LogP contribution is -2.04. The van der Waals surface area contributed by atoms with Gasteiger partial charge in [0.15, 0.2) is 5.65 Å². The van der Waals surface area contributed by atoms with Crippen LogP contribution in [0.5, 0.6) is 0 Å². The third-order valence-electron chi connectivity index (χ3n) is 5.03. The number of imidazole rings is 1. The predicted molar refractivity (Wildman–Crippen MR) is 111 cm³/mol. The molecule has 0 bridgehead atoms. The van der Waals surface area contributed by atoms with Crippen LogP contribution >= 0.6 is 0 Å². The van der Waals surface area contributed by atoms with Crippen LogP contribution in [0.15, 0.2) is 61.2 Å². The number of aromatic nitrogens is 6. The van der Waals surface area contributed by atoms with E-state index in [2.05, 4.69) is 15.1 Å². The second-order valence-electron chi connectivity index (χ2n) is 7.04. The second-order valence-corrected chi connectivity index (χ2v) is 7.04. The predicted octanol–water partition coefficient (Wildman–Crippen LogP) is 3.52. The summed E-state index contributed by atoms with van der Waals surface area (Å²) in [5, 5.41) is 9.97. The number of halogens is 1. The molecule has 0 saturated carbocycles. The van der Waals surface area contributed by atoms with Crippen molar-refractivity contribution < 1.29 is 9.13 Å². The second kappa shape index (κ2) is 7.64. The van der Waals surface area contributed by atoms with Crippen molar-refractivity contribution >= 4 is 16.6 Å². The molecule has 150 valence electrons. The number of methoxy groups -OCH3 is 1. The van der Waals surface area contributed by atoms with Gasteiger partial charge >= 0.3 is 0 Å². The number of hydrogen-bond acceptors (Lipinski definition) is 5. The van der Waals surface area contributed by atoms with E-state index in [1.54, 1.807) is 30.2 Å². The molecule has 5 rings (SSSR count). The summed E-state index contributed by atoms with van der Waals surface area (Å²) in [7, 11) is 1.66. The van der Waals surface area contributed by atoms with E-state index in [0.717, 1.165) is 22.3 Å².